The number of rotatable bonds is 3. The van der Waals surface area contributed by atoms with Crippen LogP contribution in [0.2, 0.25) is 0 Å². The molecule has 0 unspecified atom stereocenters. The molecule has 5 rings (SSSR count). The highest BCUT2D eigenvalue weighted by Crippen LogP contribution is 2.35. The minimum atomic E-state index is -0.208. The van der Waals surface area contributed by atoms with Crippen molar-refractivity contribution in [3.8, 4) is 5.75 Å². The summed E-state index contributed by atoms with van der Waals surface area (Å²) in [5.74, 6) is 1.32. The summed E-state index contributed by atoms with van der Waals surface area (Å²) in [4.78, 5) is 21.8. The van der Waals surface area contributed by atoms with Crippen LogP contribution in [0, 0.1) is 0 Å². The standard InChI is InChI=1S/C21H25N7O2/c1-26-13-14-11-17(19(30-2)12-16(14)25-26)24-21(29)28-8-4-15-18(3-5-23-20(15)28)27-9-6-22-7-10-27/h3,5,11-13,22H,4,6-10H2,1-2H3,(H,24,29). The zero-order valence-electron chi connectivity index (χ0n) is 17.2. The summed E-state index contributed by atoms with van der Waals surface area (Å²) in [7, 11) is 3.46. The second kappa shape index (κ2) is 7.49. The summed E-state index contributed by atoms with van der Waals surface area (Å²) in [5, 5.41) is 11.7. The van der Waals surface area contributed by atoms with Gasteiger partial charge in [-0.15, -0.1) is 0 Å². The molecule has 1 saturated heterocycles. The SMILES string of the molecule is COc1cc2nn(C)cc2cc1NC(=O)N1CCc2c(N3CCNCC3)ccnc21. The molecule has 0 radical (unpaired) electrons. The van der Waals surface area contributed by atoms with Crippen LogP contribution in [0.5, 0.6) is 5.75 Å². The summed E-state index contributed by atoms with van der Waals surface area (Å²) < 4.78 is 7.23. The molecule has 0 spiro atoms. The maximum absolute atomic E-state index is 13.1. The number of nitrogens with one attached hydrogen (secondary N) is 2. The zero-order valence-corrected chi connectivity index (χ0v) is 17.2. The van der Waals surface area contributed by atoms with Crippen molar-refractivity contribution in [3.63, 3.8) is 0 Å². The minimum absolute atomic E-state index is 0.208. The van der Waals surface area contributed by atoms with E-state index in [4.69, 9.17) is 4.74 Å². The predicted molar refractivity (Wildman–Crippen MR) is 117 cm³/mol. The van der Waals surface area contributed by atoms with E-state index in [-0.39, 0.29) is 6.03 Å². The Morgan fingerprint density at radius 1 is 1.23 bits per heavy atom. The third-order valence-electron chi connectivity index (χ3n) is 5.73. The van der Waals surface area contributed by atoms with Crippen LogP contribution in [0.1, 0.15) is 5.56 Å². The first kappa shape index (κ1) is 18.7. The molecule has 1 fully saturated rings. The molecule has 9 nitrogen and oxygen atoms in total. The van der Waals surface area contributed by atoms with E-state index in [2.05, 4.69) is 31.7 Å². The van der Waals surface area contributed by atoms with Crippen LogP contribution in [0.3, 0.4) is 0 Å². The lowest BCUT2D eigenvalue weighted by Crippen LogP contribution is -2.43. The Bertz CT molecular complexity index is 1100. The number of aryl methyl sites for hydroxylation is 1. The lowest BCUT2D eigenvalue weighted by atomic mass is 10.1. The second-order valence-electron chi connectivity index (χ2n) is 7.62. The maximum atomic E-state index is 13.1. The van der Waals surface area contributed by atoms with E-state index < -0.39 is 0 Å². The summed E-state index contributed by atoms with van der Waals surface area (Å²) >= 11 is 0. The fraction of sp³-hybridized carbons (Fsp3) is 0.381. The first-order valence-corrected chi connectivity index (χ1v) is 10.2. The summed E-state index contributed by atoms with van der Waals surface area (Å²) in [5.41, 5.74) is 3.77. The first-order chi connectivity index (χ1) is 14.6. The Morgan fingerprint density at radius 2 is 2.07 bits per heavy atom. The van der Waals surface area contributed by atoms with Crippen LogP contribution in [-0.2, 0) is 13.5 Å². The molecular formula is C21H25N7O2. The predicted octanol–water partition coefficient (Wildman–Crippen LogP) is 1.98. The lowest BCUT2D eigenvalue weighted by molar-refractivity contribution is 0.257. The van der Waals surface area contributed by atoms with Crippen LogP contribution in [-0.4, -0.2) is 60.6 Å². The van der Waals surface area contributed by atoms with Crippen molar-refractivity contribution in [2.75, 3.05) is 55.0 Å². The van der Waals surface area contributed by atoms with E-state index in [1.807, 2.05) is 25.4 Å². The quantitative estimate of drug-likeness (QED) is 0.690. The Morgan fingerprint density at radius 3 is 2.87 bits per heavy atom. The Balaban J connectivity index is 1.42. The number of hydrogen-bond acceptors (Lipinski definition) is 6. The number of amides is 2. The van der Waals surface area contributed by atoms with Gasteiger partial charge in [-0.3, -0.25) is 9.58 Å². The van der Waals surface area contributed by atoms with Gasteiger partial charge in [-0.2, -0.15) is 5.10 Å². The van der Waals surface area contributed by atoms with E-state index in [9.17, 15) is 4.79 Å². The van der Waals surface area contributed by atoms with E-state index in [1.165, 1.54) is 5.69 Å². The number of fused-ring (bicyclic) bond motifs is 2. The normalized spacial score (nSPS) is 16.1. The third-order valence-corrected chi connectivity index (χ3v) is 5.73. The molecule has 2 N–H and O–H groups in total. The van der Waals surface area contributed by atoms with Gasteiger partial charge in [-0.25, -0.2) is 9.78 Å². The maximum Gasteiger partial charge on any atom is 0.327 e. The average Bonchev–Trinajstić information content (AvgIpc) is 3.35. The number of piperazine rings is 1. The van der Waals surface area contributed by atoms with Gasteiger partial charge < -0.3 is 20.3 Å². The molecule has 30 heavy (non-hydrogen) atoms. The van der Waals surface area contributed by atoms with Crippen molar-refractivity contribution in [2.45, 2.75) is 6.42 Å². The van der Waals surface area contributed by atoms with E-state index in [1.54, 1.807) is 22.9 Å². The van der Waals surface area contributed by atoms with Crippen molar-refractivity contribution >= 4 is 34.1 Å². The number of carbonyl (C=O) groups is 1. The number of carbonyl (C=O) groups excluding carboxylic acids is 1. The largest absolute Gasteiger partial charge is 0.494 e. The fourth-order valence-electron chi connectivity index (χ4n) is 4.30. The summed E-state index contributed by atoms with van der Waals surface area (Å²) in [6, 6.07) is 5.58. The monoisotopic (exact) mass is 407 g/mol. The third kappa shape index (κ3) is 3.21. The van der Waals surface area contributed by atoms with Crippen LogP contribution in [0.4, 0.5) is 22.0 Å². The molecule has 2 aliphatic heterocycles. The van der Waals surface area contributed by atoms with Gasteiger partial charge in [0.2, 0.25) is 0 Å². The topological polar surface area (TPSA) is 87.5 Å². The van der Waals surface area contributed by atoms with Gasteiger partial charge in [0.05, 0.1) is 18.3 Å². The minimum Gasteiger partial charge on any atom is -0.494 e. The van der Waals surface area contributed by atoms with E-state index in [0.717, 1.165) is 54.9 Å². The number of ether oxygens (including phenoxy) is 1. The molecule has 0 bridgehead atoms. The summed E-state index contributed by atoms with van der Waals surface area (Å²) in [6.07, 6.45) is 4.51. The van der Waals surface area contributed by atoms with Crippen molar-refractivity contribution in [2.24, 2.45) is 7.05 Å². The molecule has 2 aliphatic rings. The number of anilines is 3. The number of benzene rings is 1. The van der Waals surface area contributed by atoms with Gasteiger partial charge in [0.1, 0.15) is 11.6 Å². The number of aromatic nitrogens is 3. The molecule has 156 valence electrons. The van der Waals surface area contributed by atoms with Gasteiger partial charge in [0.15, 0.2) is 0 Å². The van der Waals surface area contributed by atoms with E-state index >= 15 is 0 Å². The highest BCUT2D eigenvalue weighted by Gasteiger charge is 2.30. The Hall–Kier alpha value is -3.33. The average molecular weight is 407 g/mol. The van der Waals surface area contributed by atoms with Crippen molar-refractivity contribution < 1.29 is 9.53 Å². The zero-order chi connectivity index (χ0) is 20.7. The number of methoxy groups -OCH3 is 1. The van der Waals surface area contributed by atoms with Gasteiger partial charge in [-0.1, -0.05) is 0 Å². The first-order valence-electron chi connectivity index (χ1n) is 10.2. The smallest absolute Gasteiger partial charge is 0.327 e. The number of urea groups is 1. The lowest BCUT2D eigenvalue weighted by Gasteiger charge is -2.31. The molecule has 0 aliphatic carbocycles. The number of nitrogens with zero attached hydrogens (tertiary/aromatic N) is 5. The van der Waals surface area contributed by atoms with Crippen LogP contribution in [0.25, 0.3) is 10.9 Å². The van der Waals surface area contributed by atoms with Crippen LogP contribution in [0.15, 0.2) is 30.6 Å². The van der Waals surface area contributed by atoms with Crippen LogP contribution < -0.4 is 25.2 Å². The highest BCUT2D eigenvalue weighted by atomic mass is 16.5. The molecule has 4 heterocycles. The van der Waals surface area contributed by atoms with Crippen molar-refractivity contribution in [1.29, 1.82) is 0 Å². The Kier molecular flexibility index (Phi) is 4.66. The van der Waals surface area contributed by atoms with Gasteiger partial charge >= 0.3 is 6.03 Å². The molecule has 2 amide bonds. The molecule has 0 saturated carbocycles. The molecule has 3 aromatic rings. The molecule has 1 aromatic carbocycles. The van der Waals surface area contributed by atoms with Gasteiger partial charge in [-0.05, 0) is 18.6 Å². The van der Waals surface area contributed by atoms with E-state index in [0.29, 0.717) is 18.0 Å². The Labute approximate surface area is 174 Å². The molecule has 2 aromatic heterocycles. The molecule has 0 atom stereocenters. The second-order valence-corrected chi connectivity index (χ2v) is 7.62. The highest BCUT2D eigenvalue weighted by molar-refractivity contribution is 6.05. The van der Waals surface area contributed by atoms with Crippen LogP contribution >= 0.6 is 0 Å². The summed E-state index contributed by atoms with van der Waals surface area (Å²) in [6.45, 7) is 4.47. The van der Waals surface area contributed by atoms with Crippen molar-refractivity contribution in [1.82, 2.24) is 20.1 Å². The molecular weight excluding hydrogens is 382 g/mol. The van der Waals surface area contributed by atoms with Gasteiger partial charge in [0, 0.05) is 74.9 Å². The van der Waals surface area contributed by atoms with Crippen molar-refractivity contribution in [3.05, 3.63) is 36.2 Å². The number of hydrogen-bond donors (Lipinski definition) is 2. The fourth-order valence-corrected chi connectivity index (χ4v) is 4.30. The molecule has 9 heteroatoms. The van der Waals surface area contributed by atoms with Gasteiger partial charge in [0.25, 0.3) is 0 Å². The number of pyridine rings is 1.